The number of carbonyl (C=O) groups is 3. The lowest BCUT2D eigenvalue weighted by Crippen LogP contribution is -2.43. The summed E-state index contributed by atoms with van der Waals surface area (Å²) in [4.78, 5) is 39.5. The molecular formula is C25H31NO8. The van der Waals surface area contributed by atoms with Gasteiger partial charge in [0.2, 0.25) is 0 Å². The first-order valence-electron chi connectivity index (χ1n) is 11.0. The number of dihydropyridines is 1. The van der Waals surface area contributed by atoms with Crippen LogP contribution < -0.4 is 14.8 Å². The third-order valence-corrected chi connectivity index (χ3v) is 6.24. The number of esters is 2. The molecule has 0 amide bonds. The van der Waals surface area contributed by atoms with Crippen LogP contribution in [-0.4, -0.2) is 59.4 Å². The van der Waals surface area contributed by atoms with Crippen molar-refractivity contribution >= 4 is 17.7 Å². The lowest BCUT2D eigenvalue weighted by Gasteiger charge is -2.38. The fourth-order valence-corrected chi connectivity index (χ4v) is 4.61. The fraction of sp³-hybridized carbons (Fsp3) is 0.480. The summed E-state index contributed by atoms with van der Waals surface area (Å²) in [6.45, 7) is 3.89. The molecule has 1 aliphatic carbocycles. The SMILES string of the molecule is COCCOC(=O)C1=C(C)NC2=C(C(=O)[C@H](C(=O)OC)[C@@H](C)C2)[C@@H]1c1ccc(OC)cc1OC. The molecule has 3 atom stereocenters. The van der Waals surface area contributed by atoms with E-state index in [0.717, 1.165) is 0 Å². The highest BCUT2D eigenvalue weighted by Gasteiger charge is 2.47. The standard InChI is InChI=1S/C25H31NO8/c1-13-11-17-22(23(27)19(13)24(28)33-6)21(16-8-7-15(31-4)12-18(16)32-5)20(14(2)26-17)25(29)34-10-9-30-3/h7-8,12-13,19,21,26H,9-11H2,1-6H3/t13-,19+,21+/m0/s1. The van der Waals surface area contributed by atoms with E-state index in [0.29, 0.717) is 40.5 Å². The van der Waals surface area contributed by atoms with E-state index in [1.165, 1.54) is 28.4 Å². The van der Waals surface area contributed by atoms with Gasteiger partial charge in [0, 0.05) is 35.7 Å². The average molecular weight is 474 g/mol. The molecule has 1 aromatic rings. The van der Waals surface area contributed by atoms with Crippen LogP contribution >= 0.6 is 0 Å². The molecule has 184 valence electrons. The smallest absolute Gasteiger partial charge is 0.336 e. The zero-order valence-electron chi connectivity index (χ0n) is 20.4. The number of rotatable bonds is 8. The molecule has 1 heterocycles. The minimum atomic E-state index is -0.971. The Kier molecular flexibility index (Phi) is 7.98. The maximum Gasteiger partial charge on any atom is 0.336 e. The van der Waals surface area contributed by atoms with E-state index in [2.05, 4.69) is 5.32 Å². The van der Waals surface area contributed by atoms with Crippen molar-refractivity contribution < 1.29 is 38.1 Å². The largest absolute Gasteiger partial charge is 0.497 e. The molecule has 0 unspecified atom stereocenters. The number of hydrogen-bond acceptors (Lipinski definition) is 9. The molecule has 9 nitrogen and oxygen atoms in total. The lowest BCUT2D eigenvalue weighted by molar-refractivity contribution is -0.151. The summed E-state index contributed by atoms with van der Waals surface area (Å²) in [5.41, 5.74) is 2.43. The zero-order chi connectivity index (χ0) is 25.0. The van der Waals surface area contributed by atoms with Crippen molar-refractivity contribution in [3.8, 4) is 11.5 Å². The van der Waals surface area contributed by atoms with Crippen molar-refractivity contribution in [3.63, 3.8) is 0 Å². The maximum atomic E-state index is 13.8. The van der Waals surface area contributed by atoms with Gasteiger partial charge >= 0.3 is 11.9 Å². The van der Waals surface area contributed by atoms with Crippen LogP contribution in [0.4, 0.5) is 0 Å². The highest BCUT2D eigenvalue weighted by Crippen LogP contribution is 2.48. The van der Waals surface area contributed by atoms with Gasteiger partial charge in [-0.2, -0.15) is 0 Å². The first-order chi connectivity index (χ1) is 16.3. The minimum Gasteiger partial charge on any atom is -0.497 e. The number of nitrogens with one attached hydrogen (secondary N) is 1. The van der Waals surface area contributed by atoms with Gasteiger partial charge in [-0.15, -0.1) is 0 Å². The fourth-order valence-electron chi connectivity index (χ4n) is 4.61. The lowest BCUT2D eigenvalue weighted by atomic mass is 9.69. The van der Waals surface area contributed by atoms with Gasteiger partial charge < -0.3 is 29.0 Å². The van der Waals surface area contributed by atoms with Crippen molar-refractivity contribution in [2.24, 2.45) is 11.8 Å². The van der Waals surface area contributed by atoms with Gasteiger partial charge in [0.15, 0.2) is 5.78 Å². The van der Waals surface area contributed by atoms with E-state index in [9.17, 15) is 14.4 Å². The molecule has 0 spiro atoms. The van der Waals surface area contributed by atoms with E-state index in [1.807, 2.05) is 6.92 Å². The van der Waals surface area contributed by atoms with Crippen molar-refractivity contribution in [1.29, 1.82) is 0 Å². The molecule has 1 aromatic carbocycles. The number of benzene rings is 1. The molecule has 1 N–H and O–H groups in total. The van der Waals surface area contributed by atoms with Crippen LogP contribution in [0.3, 0.4) is 0 Å². The van der Waals surface area contributed by atoms with Crippen molar-refractivity contribution in [2.75, 3.05) is 41.7 Å². The van der Waals surface area contributed by atoms with E-state index < -0.39 is 23.8 Å². The minimum absolute atomic E-state index is 0.0558. The summed E-state index contributed by atoms with van der Waals surface area (Å²) in [5.74, 6) is -2.62. The Labute approximate surface area is 199 Å². The molecule has 3 rings (SSSR count). The summed E-state index contributed by atoms with van der Waals surface area (Å²) < 4.78 is 26.3. The monoisotopic (exact) mass is 473 g/mol. The molecule has 0 aromatic heterocycles. The number of allylic oxidation sites excluding steroid dienone is 3. The summed E-state index contributed by atoms with van der Waals surface area (Å²) in [6.07, 6.45) is 0.444. The van der Waals surface area contributed by atoms with Crippen LogP contribution in [-0.2, 0) is 28.6 Å². The Balaban J connectivity index is 2.20. The molecule has 0 fully saturated rings. The second kappa shape index (κ2) is 10.7. The van der Waals surface area contributed by atoms with Gasteiger partial charge in [-0.05, 0) is 25.3 Å². The molecule has 1 aliphatic heterocycles. The number of hydrogen-bond donors (Lipinski definition) is 1. The van der Waals surface area contributed by atoms with Crippen LogP contribution in [0, 0.1) is 11.8 Å². The van der Waals surface area contributed by atoms with Crippen LogP contribution in [0.1, 0.15) is 31.7 Å². The van der Waals surface area contributed by atoms with E-state index in [1.54, 1.807) is 25.1 Å². The Morgan fingerprint density at radius 3 is 2.44 bits per heavy atom. The van der Waals surface area contributed by atoms with Crippen LogP contribution in [0.25, 0.3) is 0 Å². The first-order valence-corrected chi connectivity index (χ1v) is 11.0. The molecule has 9 heteroatoms. The van der Waals surface area contributed by atoms with Crippen molar-refractivity contribution in [1.82, 2.24) is 5.32 Å². The maximum absolute atomic E-state index is 13.8. The van der Waals surface area contributed by atoms with Gasteiger partial charge in [-0.1, -0.05) is 13.0 Å². The Bertz CT molecular complexity index is 1040. The van der Waals surface area contributed by atoms with E-state index in [4.69, 9.17) is 23.7 Å². The Morgan fingerprint density at radius 1 is 1.09 bits per heavy atom. The van der Waals surface area contributed by atoms with E-state index in [-0.39, 0.29) is 30.5 Å². The number of carbonyl (C=O) groups excluding carboxylic acids is 3. The molecule has 34 heavy (non-hydrogen) atoms. The number of ketones is 1. The summed E-state index contributed by atoms with van der Waals surface area (Å²) in [5, 5.41) is 3.23. The number of ether oxygens (including phenoxy) is 5. The highest BCUT2D eigenvalue weighted by atomic mass is 16.6. The van der Waals surface area contributed by atoms with Crippen LogP contribution in [0.2, 0.25) is 0 Å². The third-order valence-electron chi connectivity index (χ3n) is 6.24. The molecule has 0 saturated carbocycles. The van der Waals surface area contributed by atoms with Gasteiger partial charge in [-0.25, -0.2) is 4.79 Å². The number of methoxy groups -OCH3 is 4. The second-order valence-corrected chi connectivity index (χ2v) is 8.27. The predicted molar refractivity (Wildman–Crippen MR) is 122 cm³/mol. The summed E-state index contributed by atoms with van der Waals surface area (Å²) >= 11 is 0. The Hall–Kier alpha value is -3.33. The van der Waals surface area contributed by atoms with Gasteiger partial charge in [0.05, 0.1) is 39.4 Å². The molecule has 0 saturated heterocycles. The normalized spacial score (nSPS) is 22.1. The summed E-state index contributed by atoms with van der Waals surface area (Å²) in [7, 11) is 5.81. The quantitative estimate of drug-likeness (QED) is 0.346. The van der Waals surface area contributed by atoms with Crippen LogP contribution in [0.15, 0.2) is 40.7 Å². The number of Topliss-reactive ketones (excluding diaryl/α,β-unsaturated/α-hetero) is 1. The molecule has 2 aliphatic rings. The highest BCUT2D eigenvalue weighted by molar-refractivity contribution is 6.12. The van der Waals surface area contributed by atoms with Crippen molar-refractivity contribution in [2.45, 2.75) is 26.2 Å². The van der Waals surface area contributed by atoms with Gasteiger partial charge in [0.25, 0.3) is 0 Å². The zero-order valence-corrected chi connectivity index (χ0v) is 20.4. The third kappa shape index (κ3) is 4.65. The summed E-state index contributed by atoms with van der Waals surface area (Å²) in [6, 6.07) is 5.18. The molecule has 0 bridgehead atoms. The first kappa shape index (κ1) is 25.3. The van der Waals surface area contributed by atoms with Gasteiger partial charge in [0.1, 0.15) is 24.0 Å². The van der Waals surface area contributed by atoms with Gasteiger partial charge in [-0.3, -0.25) is 9.59 Å². The Morgan fingerprint density at radius 2 is 1.82 bits per heavy atom. The second-order valence-electron chi connectivity index (χ2n) is 8.27. The average Bonchev–Trinajstić information content (AvgIpc) is 2.82. The van der Waals surface area contributed by atoms with E-state index >= 15 is 0 Å². The molecular weight excluding hydrogens is 442 g/mol. The predicted octanol–water partition coefficient (Wildman–Crippen LogP) is 2.51. The molecule has 0 radical (unpaired) electrons. The topological polar surface area (TPSA) is 109 Å². The van der Waals surface area contributed by atoms with Crippen molar-refractivity contribution in [3.05, 3.63) is 46.3 Å². The van der Waals surface area contributed by atoms with Crippen LogP contribution in [0.5, 0.6) is 11.5 Å².